The maximum atomic E-state index is 11.2. The molecule has 0 aromatic heterocycles. The Balaban J connectivity index is 1.71. The summed E-state index contributed by atoms with van der Waals surface area (Å²) in [6.45, 7) is 2.27. The van der Waals surface area contributed by atoms with Crippen LogP contribution in [0.25, 0.3) is 0 Å². The molecule has 0 unspecified atom stereocenters. The first kappa shape index (κ1) is 19.5. The first-order chi connectivity index (χ1) is 12.6. The number of aromatic carboxylic acids is 1. The minimum Gasteiger partial charge on any atom is -0.478 e. The highest BCUT2D eigenvalue weighted by molar-refractivity contribution is 5.87. The van der Waals surface area contributed by atoms with Gasteiger partial charge in [0.25, 0.3) is 0 Å². The van der Waals surface area contributed by atoms with Gasteiger partial charge in [0.1, 0.15) is 0 Å². The van der Waals surface area contributed by atoms with Crippen molar-refractivity contribution in [1.29, 1.82) is 0 Å². The van der Waals surface area contributed by atoms with Crippen LogP contribution in [0.5, 0.6) is 0 Å². The molecule has 2 aliphatic rings. The number of unbranched alkanes of at least 4 members (excludes halogenated alkanes) is 2. The average molecular weight is 357 g/mol. The Morgan fingerprint density at radius 2 is 1.58 bits per heavy atom. The van der Waals surface area contributed by atoms with Crippen LogP contribution in [-0.2, 0) is 5.41 Å². The third-order valence-corrected chi connectivity index (χ3v) is 7.31. The highest BCUT2D eigenvalue weighted by Gasteiger charge is 2.38. The van der Waals surface area contributed by atoms with Crippen molar-refractivity contribution in [2.24, 2.45) is 11.8 Å². The van der Waals surface area contributed by atoms with Gasteiger partial charge in [-0.25, -0.2) is 4.79 Å². The van der Waals surface area contributed by atoms with E-state index in [2.05, 4.69) is 19.1 Å². The summed E-state index contributed by atoms with van der Waals surface area (Å²) in [5.74, 6) is 1.09. The molecule has 0 bridgehead atoms. The van der Waals surface area contributed by atoms with E-state index in [1.54, 1.807) is 0 Å². The van der Waals surface area contributed by atoms with E-state index in [4.69, 9.17) is 0 Å². The minimum atomic E-state index is -0.822. The average Bonchev–Trinajstić information content (AvgIpc) is 2.69. The third kappa shape index (κ3) is 4.50. The highest BCUT2D eigenvalue weighted by Crippen LogP contribution is 2.48. The molecule has 1 N–H and O–H groups in total. The van der Waals surface area contributed by atoms with Gasteiger partial charge in [-0.05, 0) is 67.1 Å². The van der Waals surface area contributed by atoms with Crippen molar-refractivity contribution < 1.29 is 9.90 Å². The van der Waals surface area contributed by atoms with Gasteiger partial charge in [-0.2, -0.15) is 0 Å². The molecule has 0 atom stereocenters. The number of carboxylic acid groups (broad SMARTS) is 1. The summed E-state index contributed by atoms with van der Waals surface area (Å²) in [6.07, 6.45) is 17.7. The lowest BCUT2D eigenvalue weighted by atomic mass is 9.61. The quantitative estimate of drug-likeness (QED) is 0.535. The topological polar surface area (TPSA) is 37.3 Å². The van der Waals surface area contributed by atoms with Crippen LogP contribution in [0.2, 0.25) is 0 Å². The predicted molar refractivity (Wildman–Crippen MR) is 108 cm³/mol. The van der Waals surface area contributed by atoms with Crippen LogP contribution >= 0.6 is 0 Å². The van der Waals surface area contributed by atoms with Crippen LogP contribution in [0.3, 0.4) is 0 Å². The van der Waals surface area contributed by atoms with E-state index in [1.807, 2.05) is 12.1 Å². The zero-order valence-electron chi connectivity index (χ0n) is 16.5. The van der Waals surface area contributed by atoms with E-state index in [-0.39, 0.29) is 5.41 Å². The second kappa shape index (κ2) is 9.06. The Morgan fingerprint density at radius 3 is 2.15 bits per heavy atom. The van der Waals surface area contributed by atoms with E-state index in [9.17, 15) is 9.90 Å². The summed E-state index contributed by atoms with van der Waals surface area (Å²) in [7, 11) is 0. The molecule has 0 radical (unpaired) electrons. The van der Waals surface area contributed by atoms with Crippen LogP contribution in [0, 0.1) is 11.8 Å². The molecule has 2 heteroatoms. The molecule has 0 saturated heterocycles. The summed E-state index contributed by atoms with van der Waals surface area (Å²) in [4.78, 5) is 11.2. The molecule has 2 saturated carbocycles. The zero-order chi connectivity index (χ0) is 18.4. The lowest BCUT2D eigenvalue weighted by Crippen LogP contribution is -2.34. The van der Waals surface area contributed by atoms with Gasteiger partial charge in [-0.3, -0.25) is 0 Å². The molecular weight excluding hydrogens is 320 g/mol. The largest absolute Gasteiger partial charge is 0.478 e. The van der Waals surface area contributed by atoms with Gasteiger partial charge >= 0.3 is 5.97 Å². The fraction of sp³-hybridized carbons (Fsp3) is 0.708. The summed E-state index contributed by atoms with van der Waals surface area (Å²) in [5, 5.41) is 9.20. The van der Waals surface area contributed by atoms with E-state index in [0.717, 1.165) is 11.8 Å². The van der Waals surface area contributed by atoms with Crippen LogP contribution in [0.1, 0.15) is 106 Å². The summed E-state index contributed by atoms with van der Waals surface area (Å²) in [6, 6.07) is 7.84. The second-order valence-corrected chi connectivity index (χ2v) is 8.86. The lowest BCUT2D eigenvalue weighted by Gasteiger charge is -2.44. The summed E-state index contributed by atoms with van der Waals surface area (Å²) < 4.78 is 0. The van der Waals surface area contributed by atoms with Gasteiger partial charge in [0.05, 0.1) is 5.56 Å². The van der Waals surface area contributed by atoms with Gasteiger partial charge < -0.3 is 5.11 Å². The molecule has 0 heterocycles. The molecule has 144 valence electrons. The monoisotopic (exact) mass is 356 g/mol. The second-order valence-electron chi connectivity index (χ2n) is 8.86. The normalized spacial score (nSPS) is 27.3. The SMILES string of the molecule is CCCCCC1(c2ccc(C(=O)O)cc2)CCC(C2CCCCC2)CC1. The Bertz CT molecular complexity index is 560. The van der Waals surface area contributed by atoms with Crippen molar-refractivity contribution in [2.45, 2.75) is 95.8 Å². The van der Waals surface area contributed by atoms with Gasteiger partial charge in [0.15, 0.2) is 0 Å². The van der Waals surface area contributed by atoms with Crippen molar-refractivity contribution in [3.8, 4) is 0 Å². The number of rotatable bonds is 7. The maximum absolute atomic E-state index is 11.2. The van der Waals surface area contributed by atoms with Crippen molar-refractivity contribution in [3.05, 3.63) is 35.4 Å². The van der Waals surface area contributed by atoms with Gasteiger partial charge in [-0.15, -0.1) is 0 Å². The number of benzene rings is 1. The molecule has 0 amide bonds. The van der Waals surface area contributed by atoms with Crippen molar-refractivity contribution in [3.63, 3.8) is 0 Å². The van der Waals surface area contributed by atoms with Gasteiger partial charge in [-0.1, -0.05) is 70.4 Å². The van der Waals surface area contributed by atoms with Crippen molar-refractivity contribution in [2.75, 3.05) is 0 Å². The Kier molecular flexibility index (Phi) is 6.78. The van der Waals surface area contributed by atoms with E-state index in [0.29, 0.717) is 5.56 Å². The first-order valence-corrected chi connectivity index (χ1v) is 11.0. The molecule has 2 fully saturated rings. The van der Waals surface area contributed by atoms with E-state index >= 15 is 0 Å². The molecule has 3 rings (SSSR count). The number of carboxylic acids is 1. The number of hydrogen-bond donors (Lipinski definition) is 1. The maximum Gasteiger partial charge on any atom is 0.335 e. The molecule has 2 nitrogen and oxygen atoms in total. The van der Waals surface area contributed by atoms with Crippen molar-refractivity contribution in [1.82, 2.24) is 0 Å². The molecule has 0 spiro atoms. The molecule has 0 aliphatic heterocycles. The Morgan fingerprint density at radius 1 is 0.962 bits per heavy atom. The first-order valence-electron chi connectivity index (χ1n) is 11.0. The Labute approximate surface area is 159 Å². The van der Waals surface area contributed by atoms with Gasteiger partial charge in [0.2, 0.25) is 0 Å². The van der Waals surface area contributed by atoms with Crippen LogP contribution in [-0.4, -0.2) is 11.1 Å². The zero-order valence-corrected chi connectivity index (χ0v) is 16.5. The molecule has 1 aromatic rings. The minimum absolute atomic E-state index is 0.289. The summed E-state index contributed by atoms with van der Waals surface area (Å²) >= 11 is 0. The number of hydrogen-bond acceptors (Lipinski definition) is 1. The van der Waals surface area contributed by atoms with Crippen molar-refractivity contribution >= 4 is 5.97 Å². The van der Waals surface area contributed by atoms with Crippen LogP contribution in [0.15, 0.2) is 24.3 Å². The third-order valence-electron chi connectivity index (χ3n) is 7.31. The standard InChI is InChI=1S/C24H36O2/c1-2-3-7-16-24(22-12-10-21(11-13-22)23(25)26)17-14-20(15-18-24)19-8-5-4-6-9-19/h10-13,19-20H,2-9,14-18H2,1H3,(H,25,26). The Hall–Kier alpha value is -1.31. The highest BCUT2D eigenvalue weighted by atomic mass is 16.4. The lowest BCUT2D eigenvalue weighted by molar-refractivity contribution is 0.0696. The summed E-state index contributed by atoms with van der Waals surface area (Å²) in [5.41, 5.74) is 2.09. The fourth-order valence-electron chi connectivity index (χ4n) is 5.63. The van der Waals surface area contributed by atoms with Gasteiger partial charge in [0, 0.05) is 0 Å². The number of carbonyl (C=O) groups is 1. The van der Waals surface area contributed by atoms with Crippen LogP contribution < -0.4 is 0 Å². The molecular formula is C24H36O2. The fourth-order valence-corrected chi connectivity index (χ4v) is 5.63. The van der Waals surface area contributed by atoms with E-state index in [1.165, 1.54) is 89.0 Å². The smallest absolute Gasteiger partial charge is 0.335 e. The van der Waals surface area contributed by atoms with Crippen LogP contribution in [0.4, 0.5) is 0 Å². The van der Waals surface area contributed by atoms with E-state index < -0.39 is 5.97 Å². The molecule has 2 aliphatic carbocycles. The molecule has 26 heavy (non-hydrogen) atoms. The predicted octanol–water partition coefficient (Wildman–Crippen LogP) is 6.97. The molecule has 1 aromatic carbocycles.